The van der Waals surface area contributed by atoms with Crippen LogP contribution in [0.3, 0.4) is 0 Å². The Hall–Kier alpha value is -1.98. The van der Waals surface area contributed by atoms with Gasteiger partial charge in [0.15, 0.2) is 39.0 Å². The topological polar surface area (TPSA) is 124 Å². The van der Waals surface area contributed by atoms with Crippen LogP contribution in [0.1, 0.15) is 90.0 Å². The molecule has 11 heteroatoms. The van der Waals surface area contributed by atoms with Crippen LogP contribution in [0.5, 0.6) is 0 Å². The van der Waals surface area contributed by atoms with Gasteiger partial charge in [-0.05, 0) is 86.4 Å². The summed E-state index contributed by atoms with van der Waals surface area (Å²) in [5.41, 5.74) is -2.88. The third-order valence-electron chi connectivity index (χ3n) is 7.90. The lowest BCUT2D eigenvalue weighted by Crippen LogP contribution is -2.66. The first-order valence-electron chi connectivity index (χ1n) is 14.2. The van der Waals surface area contributed by atoms with Crippen LogP contribution >= 0.6 is 0 Å². The van der Waals surface area contributed by atoms with E-state index in [2.05, 4.69) is 27.7 Å². The van der Waals surface area contributed by atoms with Crippen LogP contribution in [-0.4, -0.2) is 70.0 Å². The predicted molar refractivity (Wildman–Crippen MR) is 156 cm³/mol. The molecule has 0 spiro atoms. The molecule has 41 heavy (non-hydrogen) atoms. The minimum absolute atomic E-state index is 0.217. The van der Waals surface area contributed by atoms with E-state index in [0.29, 0.717) is 0 Å². The number of methoxy groups -OCH3 is 1. The summed E-state index contributed by atoms with van der Waals surface area (Å²) < 4.78 is 35.7. The summed E-state index contributed by atoms with van der Waals surface area (Å²) in [6.07, 6.45) is -7.13. The summed E-state index contributed by atoms with van der Waals surface area (Å²) >= 11 is 0. The Kier molecular flexibility index (Phi) is 11.5. The Balaban J connectivity index is 3.91. The first kappa shape index (κ1) is 37.0. The molecule has 1 rings (SSSR count). The van der Waals surface area contributed by atoms with Gasteiger partial charge in [-0.3, -0.25) is 14.4 Å². The van der Waals surface area contributed by atoms with Gasteiger partial charge < -0.3 is 28.1 Å². The monoisotopic (exact) mass is 602 g/mol. The Morgan fingerprint density at radius 3 is 1.37 bits per heavy atom. The van der Waals surface area contributed by atoms with E-state index in [1.807, 2.05) is 13.1 Å². The van der Waals surface area contributed by atoms with Gasteiger partial charge in [-0.15, -0.1) is 0 Å². The van der Waals surface area contributed by atoms with Gasteiger partial charge in [0.25, 0.3) is 0 Å². The molecule has 1 aliphatic heterocycles. The van der Waals surface area contributed by atoms with E-state index in [0.717, 1.165) is 0 Å². The lowest BCUT2D eigenvalue weighted by Gasteiger charge is -2.49. The number of esters is 4. The zero-order valence-corrected chi connectivity index (χ0v) is 29.0. The number of carbonyl (C=O) groups is 4. The Morgan fingerprint density at radius 1 is 0.659 bits per heavy atom. The van der Waals surface area contributed by atoms with Crippen LogP contribution in [0.25, 0.3) is 0 Å². The Morgan fingerprint density at radius 2 is 1.02 bits per heavy atom. The van der Waals surface area contributed by atoms with Gasteiger partial charge >= 0.3 is 23.9 Å². The smallest absolute Gasteiger partial charge is 0.339 e. The summed E-state index contributed by atoms with van der Waals surface area (Å²) in [5, 5.41) is -0.289. The molecule has 0 unspecified atom stereocenters. The second kappa shape index (κ2) is 12.7. The molecule has 1 saturated heterocycles. The van der Waals surface area contributed by atoms with Gasteiger partial charge in [0, 0.05) is 0 Å². The molecule has 1 heterocycles. The van der Waals surface area contributed by atoms with Crippen molar-refractivity contribution >= 4 is 32.2 Å². The van der Waals surface area contributed by atoms with Crippen LogP contribution in [0.2, 0.25) is 18.1 Å². The fraction of sp³-hybridized carbons (Fsp3) is 0.867. The van der Waals surface area contributed by atoms with E-state index in [9.17, 15) is 19.2 Å². The van der Waals surface area contributed by atoms with Crippen LogP contribution < -0.4 is 0 Å². The number of rotatable bonds is 8. The number of hydrogen-bond donors (Lipinski definition) is 0. The molecule has 0 aromatic rings. The summed E-state index contributed by atoms with van der Waals surface area (Å²) in [7, 11) is -1.53. The van der Waals surface area contributed by atoms with Gasteiger partial charge in [-0.1, -0.05) is 27.7 Å². The Labute approximate surface area is 247 Å². The zero-order valence-electron chi connectivity index (χ0n) is 28.0. The van der Waals surface area contributed by atoms with Crippen molar-refractivity contribution in [2.24, 2.45) is 22.2 Å². The fourth-order valence-electron chi connectivity index (χ4n) is 3.64. The largest absolute Gasteiger partial charge is 0.467 e. The second-order valence-electron chi connectivity index (χ2n) is 15.3. The lowest BCUT2D eigenvalue weighted by atomic mass is 9.93. The Bertz CT molecular complexity index is 965. The molecule has 5 atom stereocenters. The molecule has 0 saturated carbocycles. The molecular weight excluding hydrogens is 548 g/mol. The fourth-order valence-corrected chi connectivity index (χ4v) is 6.10. The van der Waals surface area contributed by atoms with Crippen molar-refractivity contribution in [2.75, 3.05) is 7.11 Å². The molecular formula is C30H54O10Si. The van der Waals surface area contributed by atoms with Gasteiger partial charge in [-0.25, -0.2) is 4.79 Å². The molecule has 1 aliphatic rings. The maximum atomic E-state index is 13.3. The van der Waals surface area contributed by atoms with Crippen molar-refractivity contribution in [2.45, 2.75) is 139 Å². The van der Waals surface area contributed by atoms with E-state index in [1.165, 1.54) is 7.11 Å². The highest BCUT2D eigenvalue weighted by Crippen LogP contribution is 2.46. The van der Waals surface area contributed by atoms with Crippen molar-refractivity contribution in [3.05, 3.63) is 0 Å². The van der Waals surface area contributed by atoms with Crippen molar-refractivity contribution in [1.29, 1.82) is 0 Å². The number of ether oxygens (including phenoxy) is 5. The molecule has 0 radical (unpaired) electrons. The molecule has 0 amide bonds. The highest BCUT2D eigenvalue weighted by Gasteiger charge is 2.59. The standard InChI is InChI=1S/C30H54O10Si/c1-17(2)30(12,13)41(15,16)40-23-21(39-26(34)29(9,10)11)19(38-25(33)28(6,7)8)18(20(36-23)22(31)35-14)37-24(32)27(3,4)5/h17-21,23H,1-16H3/t18-,19-,20+,21+,23-/m0/s1. The number of carbonyl (C=O) groups excluding carboxylic acids is 4. The highest BCUT2D eigenvalue weighted by atomic mass is 28.4. The van der Waals surface area contributed by atoms with Crippen LogP contribution in [-0.2, 0) is 47.3 Å². The minimum atomic E-state index is -2.70. The predicted octanol–water partition coefficient (Wildman–Crippen LogP) is 5.42. The van der Waals surface area contributed by atoms with Crippen molar-refractivity contribution < 1.29 is 47.3 Å². The van der Waals surface area contributed by atoms with Crippen molar-refractivity contribution in [3.8, 4) is 0 Å². The highest BCUT2D eigenvalue weighted by molar-refractivity contribution is 6.74. The summed E-state index contributed by atoms with van der Waals surface area (Å²) in [4.78, 5) is 52.8. The average molecular weight is 603 g/mol. The van der Waals surface area contributed by atoms with E-state index in [-0.39, 0.29) is 11.0 Å². The lowest BCUT2D eigenvalue weighted by molar-refractivity contribution is -0.290. The molecule has 0 aliphatic carbocycles. The molecule has 1 fully saturated rings. The van der Waals surface area contributed by atoms with Crippen LogP contribution in [0.15, 0.2) is 0 Å². The minimum Gasteiger partial charge on any atom is -0.467 e. The van der Waals surface area contributed by atoms with Crippen LogP contribution in [0, 0.1) is 22.2 Å². The third-order valence-corrected chi connectivity index (χ3v) is 12.4. The molecule has 0 aromatic carbocycles. The first-order valence-corrected chi connectivity index (χ1v) is 17.1. The molecule has 238 valence electrons. The summed E-state index contributed by atoms with van der Waals surface area (Å²) in [6.45, 7) is 27.3. The average Bonchev–Trinajstić information content (AvgIpc) is 2.79. The van der Waals surface area contributed by atoms with Crippen LogP contribution in [0.4, 0.5) is 0 Å². The quantitative estimate of drug-likeness (QED) is 0.202. The SMILES string of the molecule is COC(=O)[C@@H]1O[C@@H](O[Si](C)(C)C(C)(C)C(C)C)[C@H](OC(=O)C(C)(C)C)[C@@H](OC(=O)C(C)(C)C)[C@@H]1OC(=O)C(C)(C)C. The first-order chi connectivity index (χ1) is 18.2. The molecule has 0 bridgehead atoms. The zero-order chi connectivity index (χ0) is 32.5. The van der Waals surface area contributed by atoms with E-state index >= 15 is 0 Å². The molecule has 0 aromatic heterocycles. The summed E-state index contributed by atoms with van der Waals surface area (Å²) in [6, 6.07) is 0. The maximum absolute atomic E-state index is 13.3. The van der Waals surface area contributed by atoms with E-state index in [4.69, 9.17) is 28.1 Å². The van der Waals surface area contributed by atoms with E-state index < -0.39 is 79.1 Å². The normalized spacial score (nSPS) is 24.5. The third kappa shape index (κ3) is 9.00. The van der Waals surface area contributed by atoms with Crippen molar-refractivity contribution in [3.63, 3.8) is 0 Å². The van der Waals surface area contributed by atoms with E-state index in [1.54, 1.807) is 62.3 Å². The van der Waals surface area contributed by atoms with Crippen molar-refractivity contribution in [1.82, 2.24) is 0 Å². The van der Waals surface area contributed by atoms with Gasteiger partial charge in [0.05, 0.1) is 23.4 Å². The molecule has 0 N–H and O–H groups in total. The maximum Gasteiger partial charge on any atom is 0.339 e. The van der Waals surface area contributed by atoms with Gasteiger partial charge in [0.1, 0.15) is 0 Å². The van der Waals surface area contributed by atoms with Gasteiger partial charge in [-0.2, -0.15) is 0 Å². The number of hydrogen-bond acceptors (Lipinski definition) is 10. The second-order valence-corrected chi connectivity index (χ2v) is 19.9. The molecule has 10 nitrogen and oxygen atoms in total. The summed E-state index contributed by atoms with van der Waals surface area (Å²) in [5.74, 6) is -2.58. The van der Waals surface area contributed by atoms with Gasteiger partial charge in [0.2, 0.25) is 0 Å².